The van der Waals surface area contributed by atoms with Crippen molar-refractivity contribution in [1.29, 1.82) is 0 Å². The Morgan fingerprint density at radius 3 is 2.12 bits per heavy atom. The van der Waals surface area contributed by atoms with E-state index >= 15 is 0 Å². The standard InChI is InChI=1S/C19H29N5O/c1-3-21-9-10-22(4-2)12-14-23(13-11-21)16-17-15-19(25)24-8-6-5-7-18(24)20-17/h5-8,15H,3-4,9-14,16H2,1-2H3. The maximum Gasteiger partial charge on any atom is 0.258 e. The van der Waals surface area contributed by atoms with Crippen molar-refractivity contribution in [2.45, 2.75) is 20.4 Å². The molecule has 1 fully saturated rings. The Morgan fingerprint density at radius 2 is 1.52 bits per heavy atom. The number of pyridine rings is 1. The lowest BCUT2D eigenvalue weighted by atomic mass is 10.3. The summed E-state index contributed by atoms with van der Waals surface area (Å²) < 4.78 is 1.60. The van der Waals surface area contributed by atoms with Crippen LogP contribution in [0, 0.1) is 0 Å². The second-order valence-electron chi connectivity index (χ2n) is 6.66. The van der Waals surface area contributed by atoms with Gasteiger partial charge in [0.15, 0.2) is 0 Å². The highest BCUT2D eigenvalue weighted by molar-refractivity contribution is 5.37. The van der Waals surface area contributed by atoms with Crippen LogP contribution < -0.4 is 5.56 Å². The van der Waals surface area contributed by atoms with Crippen LogP contribution >= 0.6 is 0 Å². The summed E-state index contributed by atoms with van der Waals surface area (Å²) in [5.74, 6) is 0. The van der Waals surface area contributed by atoms with Crippen molar-refractivity contribution in [3.8, 4) is 0 Å². The Kier molecular flexibility index (Phi) is 6.18. The smallest absolute Gasteiger partial charge is 0.258 e. The maximum absolute atomic E-state index is 12.3. The summed E-state index contributed by atoms with van der Waals surface area (Å²) in [6, 6.07) is 7.34. The van der Waals surface area contributed by atoms with Gasteiger partial charge in [0.25, 0.3) is 5.56 Å². The molecule has 0 atom stereocenters. The zero-order valence-corrected chi connectivity index (χ0v) is 15.4. The van der Waals surface area contributed by atoms with Gasteiger partial charge in [-0.1, -0.05) is 19.9 Å². The van der Waals surface area contributed by atoms with Crippen LogP contribution in [0.25, 0.3) is 5.65 Å². The van der Waals surface area contributed by atoms with Crippen molar-refractivity contribution >= 4 is 5.65 Å². The minimum atomic E-state index is -0.00441. The van der Waals surface area contributed by atoms with Crippen LogP contribution in [0.1, 0.15) is 19.5 Å². The van der Waals surface area contributed by atoms with Gasteiger partial charge in [-0.2, -0.15) is 0 Å². The number of nitrogens with zero attached hydrogens (tertiary/aromatic N) is 5. The van der Waals surface area contributed by atoms with Crippen molar-refractivity contribution in [3.63, 3.8) is 0 Å². The fraction of sp³-hybridized carbons (Fsp3) is 0.579. The molecule has 25 heavy (non-hydrogen) atoms. The molecule has 1 aliphatic rings. The average Bonchev–Trinajstić information content (AvgIpc) is 2.72. The van der Waals surface area contributed by atoms with E-state index in [2.05, 4.69) is 33.5 Å². The molecule has 0 unspecified atom stereocenters. The van der Waals surface area contributed by atoms with Gasteiger partial charge in [0, 0.05) is 58.1 Å². The SMILES string of the molecule is CCN1CCN(CC)CCN(Cc2cc(=O)n3ccccc3n2)CC1. The van der Waals surface area contributed by atoms with Crippen LogP contribution in [-0.4, -0.2) is 76.4 Å². The third-order valence-electron chi connectivity index (χ3n) is 5.10. The van der Waals surface area contributed by atoms with Gasteiger partial charge in [0.2, 0.25) is 0 Å². The van der Waals surface area contributed by atoms with Gasteiger partial charge in [0.05, 0.1) is 5.69 Å². The van der Waals surface area contributed by atoms with Crippen LogP contribution in [0.2, 0.25) is 0 Å². The lowest BCUT2D eigenvalue weighted by molar-refractivity contribution is 0.214. The molecule has 2 aromatic heterocycles. The molecule has 136 valence electrons. The molecule has 0 aliphatic carbocycles. The van der Waals surface area contributed by atoms with E-state index in [4.69, 9.17) is 0 Å². The fourth-order valence-corrected chi connectivity index (χ4v) is 3.39. The monoisotopic (exact) mass is 343 g/mol. The van der Waals surface area contributed by atoms with Gasteiger partial charge >= 0.3 is 0 Å². The first-order chi connectivity index (χ1) is 12.2. The molecule has 0 aromatic carbocycles. The Bertz CT molecular complexity index is 728. The van der Waals surface area contributed by atoms with Gasteiger partial charge in [-0.15, -0.1) is 0 Å². The molecule has 1 aliphatic heterocycles. The number of likely N-dealkylation sites (N-methyl/N-ethyl adjacent to an activating group) is 2. The zero-order valence-electron chi connectivity index (χ0n) is 15.4. The van der Waals surface area contributed by atoms with E-state index in [0.29, 0.717) is 0 Å². The van der Waals surface area contributed by atoms with Crippen molar-refractivity contribution in [2.24, 2.45) is 0 Å². The molecule has 0 spiro atoms. The topological polar surface area (TPSA) is 44.1 Å². The van der Waals surface area contributed by atoms with Crippen molar-refractivity contribution < 1.29 is 0 Å². The Hall–Kier alpha value is -1.76. The summed E-state index contributed by atoms with van der Waals surface area (Å²) in [6.07, 6.45) is 1.77. The zero-order chi connectivity index (χ0) is 17.6. The fourth-order valence-electron chi connectivity index (χ4n) is 3.39. The van der Waals surface area contributed by atoms with Crippen molar-refractivity contribution in [2.75, 3.05) is 52.4 Å². The number of aromatic nitrogens is 2. The minimum absolute atomic E-state index is 0.00441. The maximum atomic E-state index is 12.3. The molecule has 0 amide bonds. The van der Waals surface area contributed by atoms with Gasteiger partial charge in [0.1, 0.15) is 5.65 Å². The number of hydrogen-bond donors (Lipinski definition) is 0. The first-order valence-electron chi connectivity index (χ1n) is 9.34. The van der Waals surface area contributed by atoms with Crippen LogP contribution in [0.15, 0.2) is 35.3 Å². The Balaban J connectivity index is 1.76. The van der Waals surface area contributed by atoms with E-state index in [1.165, 1.54) is 0 Å². The van der Waals surface area contributed by atoms with Crippen LogP contribution in [0.3, 0.4) is 0 Å². The summed E-state index contributed by atoms with van der Waals surface area (Å²) in [4.78, 5) is 24.4. The Labute approximate surface area is 149 Å². The van der Waals surface area contributed by atoms with Crippen LogP contribution in [-0.2, 0) is 6.54 Å². The lowest BCUT2D eigenvalue weighted by Crippen LogP contribution is -2.36. The first-order valence-corrected chi connectivity index (χ1v) is 9.34. The number of fused-ring (bicyclic) bond motifs is 1. The lowest BCUT2D eigenvalue weighted by Gasteiger charge is -2.24. The first kappa shape index (κ1) is 18.0. The van der Waals surface area contributed by atoms with Gasteiger partial charge in [-0.05, 0) is 25.2 Å². The van der Waals surface area contributed by atoms with E-state index in [0.717, 1.165) is 70.2 Å². The summed E-state index contributed by atoms with van der Waals surface area (Å²) in [5, 5.41) is 0. The molecular formula is C19H29N5O. The van der Waals surface area contributed by atoms with E-state index in [9.17, 15) is 4.79 Å². The molecule has 0 saturated carbocycles. The highest BCUT2D eigenvalue weighted by Gasteiger charge is 2.16. The van der Waals surface area contributed by atoms with E-state index in [1.54, 1.807) is 16.7 Å². The van der Waals surface area contributed by atoms with E-state index in [1.807, 2.05) is 18.2 Å². The largest absolute Gasteiger partial charge is 0.301 e. The molecule has 2 aromatic rings. The summed E-state index contributed by atoms with van der Waals surface area (Å²) in [5.41, 5.74) is 1.58. The average molecular weight is 343 g/mol. The van der Waals surface area contributed by atoms with E-state index in [-0.39, 0.29) is 5.56 Å². The molecule has 1 saturated heterocycles. The second kappa shape index (κ2) is 8.56. The molecule has 6 heteroatoms. The van der Waals surface area contributed by atoms with Crippen molar-refractivity contribution in [3.05, 3.63) is 46.5 Å². The third kappa shape index (κ3) is 4.66. The Morgan fingerprint density at radius 1 is 0.920 bits per heavy atom. The predicted octanol–water partition coefficient (Wildman–Crippen LogP) is 1.15. The van der Waals surface area contributed by atoms with Crippen LogP contribution in [0.4, 0.5) is 0 Å². The summed E-state index contributed by atoms with van der Waals surface area (Å²) in [7, 11) is 0. The molecule has 6 nitrogen and oxygen atoms in total. The van der Waals surface area contributed by atoms with Gasteiger partial charge in [-0.3, -0.25) is 14.1 Å². The molecule has 0 N–H and O–H groups in total. The molecular weight excluding hydrogens is 314 g/mol. The highest BCUT2D eigenvalue weighted by atomic mass is 16.1. The minimum Gasteiger partial charge on any atom is -0.301 e. The molecule has 3 heterocycles. The van der Waals surface area contributed by atoms with Crippen molar-refractivity contribution in [1.82, 2.24) is 24.1 Å². The predicted molar refractivity (Wildman–Crippen MR) is 101 cm³/mol. The van der Waals surface area contributed by atoms with Gasteiger partial charge < -0.3 is 9.80 Å². The molecule has 0 bridgehead atoms. The molecule has 0 radical (unpaired) electrons. The van der Waals surface area contributed by atoms with Gasteiger partial charge in [-0.25, -0.2) is 4.98 Å². The summed E-state index contributed by atoms with van der Waals surface area (Å²) >= 11 is 0. The van der Waals surface area contributed by atoms with E-state index < -0.39 is 0 Å². The number of hydrogen-bond acceptors (Lipinski definition) is 5. The van der Waals surface area contributed by atoms with Crippen LogP contribution in [0.5, 0.6) is 0 Å². The summed E-state index contributed by atoms with van der Waals surface area (Å²) in [6.45, 7) is 13.8. The molecule has 3 rings (SSSR count). The third-order valence-corrected chi connectivity index (χ3v) is 5.10. The number of rotatable bonds is 4. The normalized spacial score (nSPS) is 18.8. The highest BCUT2D eigenvalue weighted by Crippen LogP contribution is 2.06. The quantitative estimate of drug-likeness (QED) is 0.833. The second-order valence-corrected chi connectivity index (χ2v) is 6.66.